The van der Waals surface area contributed by atoms with E-state index in [2.05, 4.69) is 102 Å². The third-order valence-electron chi connectivity index (χ3n) is 8.27. The van der Waals surface area contributed by atoms with E-state index in [9.17, 15) is 4.79 Å². The van der Waals surface area contributed by atoms with Gasteiger partial charge in [0, 0.05) is 0 Å². The topological polar surface area (TPSA) is 70.8 Å². The Balaban J connectivity index is 3.31. The molecule has 0 aliphatic carbocycles. The monoisotopic (exact) mass is 539 g/mol. The lowest BCUT2D eigenvalue weighted by Gasteiger charge is -2.40. The summed E-state index contributed by atoms with van der Waals surface area (Å²) in [7, 11) is -6.42. The van der Waals surface area contributed by atoms with Crippen LogP contribution in [-0.2, 0) is 15.6 Å². The third kappa shape index (κ3) is 8.20. The van der Waals surface area contributed by atoms with Crippen LogP contribution in [0.1, 0.15) is 67.9 Å². The molecule has 2 N–H and O–H groups in total. The third-order valence-corrected chi connectivity index (χ3v) is 21.3. The van der Waals surface area contributed by atoms with E-state index in [4.69, 9.17) is 19.0 Å². The molecule has 35 heavy (non-hydrogen) atoms. The lowest BCUT2D eigenvalue weighted by Crippen LogP contribution is -2.47. The molecular formula is C27H53NO4Si3. The van der Waals surface area contributed by atoms with E-state index in [-0.39, 0.29) is 21.1 Å². The van der Waals surface area contributed by atoms with E-state index in [1.165, 1.54) is 0 Å². The molecule has 0 radical (unpaired) electrons. The number of hydrogen-bond acceptors (Lipinski definition) is 5. The first-order valence-corrected chi connectivity index (χ1v) is 21.5. The molecule has 1 rings (SSSR count). The van der Waals surface area contributed by atoms with Crippen LogP contribution in [0.4, 0.5) is 0 Å². The molecule has 0 spiro atoms. The van der Waals surface area contributed by atoms with Crippen LogP contribution in [0.3, 0.4) is 0 Å². The van der Waals surface area contributed by atoms with Crippen molar-refractivity contribution in [2.75, 3.05) is 0 Å². The lowest BCUT2D eigenvalue weighted by atomic mass is 10.1. The summed E-state index contributed by atoms with van der Waals surface area (Å²) in [6.45, 7) is 32.8. The Morgan fingerprint density at radius 2 is 1.14 bits per heavy atom. The van der Waals surface area contributed by atoms with Crippen molar-refractivity contribution >= 4 is 30.9 Å². The minimum Gasteiger partial charge on any atom is -0.541 e. The largest absolute Gasteiger partial charge is 0.541 e. The summed E-state index contributed by atoms with van der Waals surface area (Å²) in [4.78, 5) is 12.9. The zero-order chi connectivity index (χ0) is 27.8. The Kier molecular flexibility index (Phi) is 9.43. The maximum Gasteiger partial charge on any atom is 0.309 e. The molecule has 202 valence electrons. The van der Waals surface area contributed by atoms with E-state index in [1.807, 2.05) is 18.2 Å². The molecule has 0 saturated heterocycles. The maximum absolute atomic E-state index is 12.9. The van der Waals surface area contributed by atoms with Crippen LogP contribution in [0.25, 0.3) is 0 Å². The summed E-state index contributed by atoms with van der Waals surface area (Å²) in [5.41, 5.74) is 7.28. The van der Waals surface area contributed by atoms with Crippen LogP contribution in [0.15, 0.2) is 18.2 Å². The quantitative estimate of drug-likeness (QED) is 0.340. The van der Waals surface area contributed by atoms with Gasteiger partial charge in [-0.1, -0.05) is 68.4 Å². The predicted molar refractivity (Wildman–Crippen MR) is 157 cm³/mol. The summed E-state index contributed by atoms with van der Waals surface area (Å²) in [6.07, 6.45) is 0.391. The average Bonchev–Trinajstić information content (AvgIpc) is 2.60. The second-order valence-electron chi connectivity index (χ2n) is 14.5. The van der Waals surface area contributed by atoms with Gasteiger partial charge >= 0.3 is 5.97 Å². The molecule has 1 unspecified atom stereocenters. The van der Waals surface area contributed by atoms with Crippen molar-refractivity contribution in [1.29, 1.82) is 0 Å². The first kappa shape index (κ1) is 31.9. The molecule has 0 aromatic heterocycles. The smallest absolute Gasteiger partial charge is 0.309 e. The molecule has 0 aliphatic heterocycles. The molecule has 1 atom stereocenters. The summed E-state index contributed by atoms with van der Waals surface area (Å²) in [6, 6.07) is 5.28. The van der Waals surface area contributed by atoms with Crippen molar-refractivity contribution in [3.63, 3.8) is 0 Å². The number of rotatable bonds is 8. The molecule has 5 nitrogen and oxygen atoms in total. The van der Waals surface area contributed by atoms with Gasteiger partial charge in [0.2, 0.25) is 0 Å². The zero-order valence-corrected chi connectivity index (χ0v) is 28.2. The van der Waals surface area contributed by atoms with Crippen LogP contribution in [0.2, 0.25) is 54.4 Å². The highest BCUT2D eigenvalue weighted by Gasteiger charge is 2.43. The second-order valence-corrected chi connectivity index (χ2v) is 28.7. The molecule has 0 aliphatic rings. The van der Waals surface area contributed by atoms with Crippen LogP contribution in [0, 0.1) is 0 Å². The number of benzene rings is 1. The highest BCUT2D eigenvalue weighted by molar-refractivity contribution is 6.76. The van der Waals surface area contributed by atoms with Gasteiger partial charge in [0.1, 0.15) is 17.5 Å². The van der Waals surface area contributed by atoms with Gasteiger partial charge in [0.15, 0.2) is 0 Å². The normalized spacial score (nSPS) is 15.0. The van der Waals surface area contributed by atoms with Crippen molar-refractivity contribution in [1.82, 2.24) is 0 Å². The Hall–Kier alpha value is -1.10. The molecule has 0 amide bonds. The standard InChI is InChI=1S/C27H53NO4Si3/c1-25(2,3)33(10,11)30-22-17-16-20(19-23(22)31-34(12,13)26(4,5)6)18-21(28)24(29)32-35(14,15)27(7,8)9/h16-17,19,21H,18,28H2,1-15H3. The van der Waals surface area contributed by atoms with Crippen molar-refractivity contribution < 1.29 is 18.1 Å². The lowest BCUT2D eigenvalue weighted by molar-refractivity contribution is -0.136. The molecule has 1 aromatic rings. The van der Waals surface area contributed by atoms with Gasteiger partial charge in [0.05, 0.1) is 0 Å². The molecule has 1 aromatic carbocycles. The minimum absolute atomic E-state index is 0.0423. The fraction of sp³-hybridized carbons (Fsp3) is 0.741. The Morgan fingerprint density at radius 1 is 0.743 bits per heavy atom. The van der Waals surface area contributed by atoms with Gasteiger partial charge in [-0.3, -0.25) is 4.79 Å². The molecule has 0 bridgehead atoms. The molecular weight excluding hydrogens is 487 g/mol. The van der Waals surface area contributed by atoms with Crippen molar-refractivity contribution in [2.24, 2.45) is 5.73 Å². The first-order chi connectivity index (χ1) is 15.3. The van der Waals surface area contributed by atoms with Crippen LogP contribution in [-0.4, -0.2) is 37.0 Å². The van der Waals surface area contributed by atoms with Gasteiger partial charge < -0.3 is 19.0 Å². The molecule has 8 heteroatoms. The Labute approximate surface area is 218 Å². The maximum atomic E-state index is 12.9. The Morgan fingerprint density at radius 3 is 1.54 bits per heavy atom. The summed E-state index contributed by atoms with van der Waals surface area (Å²) < 4.78 is 19.4. The average molecular weight is 540 g/mol. The van der Waals surface area contributed by atoms with Crippen LogP contribution in [0.5, 0.6) is 11.5 Å². The second kappa shape index (κ2) is 10.3. The van der Waals surface area contributed by atoms with Gasteiger partial charge in [0.25, 0.3) is 25.0 Å². The SMILES string of the molecule is CC(C)(C)[Si](C)(C)OC(=O)C(N)Cc1ccc(O[Si](C)(C)C(C)(C)C)c(O[Si](C)(C)C(C)(C)C)c1. The first-order valence-electron chi connectivity index (χ1n) is 12.8. The molecule has 0 heterocycles. The van der Waals surface area contributed by atoms with E-state index in [0.717, 1.165) is 17.1 Å². The Bertz CT molecular complexity index is 891. The van der Waals surface area contributed by atoms with Gasteiger partial charge in [-0.05, 0) is 78.5 Å². The van der Waals surface area contributed by atoms with Crippen molar-refractivity contribution in [2.45, 2.75) is 129 Å². The number of nitrogens with two attached hydrogens (primary N) is 1. The summed E-state index contributed by atoms with van der Waals surface area (Å²) in [5.74, 6) is 1.21. The number of carbonyl (C=O) groups is 1. The van der Waals surface area contributed by atoms with E-state index >= 15 is 0 Å². The van der Waals surface area contributed by atoms with E-state index in [0.29, 0.717) is 6.42 Å². The van der Waals surface area contributed by atoms with Crippen LogP contribution < -0.4 is 14.6 Å². The number of hydrogen-bond donors (Lipinski definition) is 1. The summed E-state index contributed by atoms with van der Waals surface area (Å²) >= 11 is 0. The fourth-order valence-corrected chi connectivity index (χ4v) is 5.52. The molecule has 0 fully saturated rings. The van der Waals surface area contributed by atoms with Crippen molar-refractivity contribution in [3.05, 3.63) is 23.8 Å². The fourth-order valence-electron chi connectivity index (χ4n) is 2.52. The van der Waals surface area contributed by atoms with Crippen LogP contribution >= 0.6 is 0 Å². The highest BCUT2D eigenvalue weighted by atomic mass is 28.4. The predicted octanol–water partition coefficient (Wildman–Crippen LogP) is 7.87. The minimum atomic E-state index is -2.23. The number of carbonyl (C=O) groups excluding carboxylic acids is 1. The van der Waals surface area contributed by atoms with Gasteiger partial charge in [-0.25, -0.2) is 0 Å². The van der Waals surface area contributed by atoms with Gasteiger partial charge in [-0.15, -0.1) is 0 Å². The zero-order valence-electron chi connectivity index (χ0n) is 25.2. The van der Waals surface area contributed by atoms with Crippen molar-refractivity contribution in [3.8, 4) is 11.5 Å². The van der Waals surface area contributed by atoms with E-state index < -0.39 is 31.0 Å². The molecule has 0 saturated carbocycles. The highest BCUT2D eigenvalue weighted by Crippen LogP contribution is 2.44. The van der Waals surface area contributed by atoms with E-state index in [1.54, 1.807) is 0 Å². The van der Waals surface area contributed by atoms with Gasteiger partial charge in [-0.2, -0.15) is 0 Å². The summed E-state index contributed by atoms with van der Waals surface area (Å²) in [5, 5.41) is 0.0473.